The molecule has 0 saturated carbocycles. The maximum Gasteiger partial charge on any atom is 0.0615 e. The zero-order chi connectivity index (χ0) is 13.4. The summed E-state index contributed by atoms with van der Waals surface area (Å²) in [4.78, 5) is 2.43. The zero-order valence-electron chi connectivity index (χ0n) is 11.9. The summed E-state index contributed by atoms with van der Waals surface area (Å²) in [6.07, 6.45) is 0.951. The number of nitrogens with zero attached hydrogens (tertiary/aromatic N) is 1. The molecule has 0 aliphatic heterocycles. The van der Waals surface area contributed by atoms with Gasteiger partial charge in [-0.1, -0.05) is 31.2 Å². The first-order chi connectivity index (χ1) is 8.72. The highest BCUT2D eigenvalue weighted by Crippen LogP contribution is 2.14. The second-order valence-corrected chi connectivity index (χ2v) is 4.67. The summed E-state index contributed by atoms with van der Waals surface area (Å²) in [6.45, 7) is 7.87. The summed E-state index contributed by atoms with van der Waals surface area (Å²) in [6, 6.07) is 9.00. The number of hydrogen-bond donors (Lipinski definition) is 1. The third-order valence-corrected chi connectivity index (χ3v) is 3.34. The number of hydrogen-bond acceptors (Lipinski definition) is 3. The average Bonchev–Trinajstić information content (AvgIpc) is 2.38. The van der Waals surface area contributed by atoms with Crippen LogP contribution in [0.3, 0.4) is 0 Å². The van der Waals surface area contributed by atoms with Crippen LogP contribution in [-0.4, -0.2) is 37.7 Å². The molecule has 1 atom stereocenters. The number of ether oxygens (including phenoxy) is 1. The van der Waals surface area contributed by atoms with Gasteiger partial charge in [-0.3, -0.25) is 4.90 Å². The van der Waals surface area contributed by atoms with Crippen LogP contribution in [0, 0.1) is 0 Å². The van der Waals surface area contributed by atoms with Crippen LogP contribution in [0.5, 0.6) is 0 Å². The Labute approximate surface area is 111 Å². The van der Waals surface area contributed by atoms with E-state index in [9.17, 15) is 0 Å². The third kappa shape index (κ3) is 4.41. The Morgan fingerprint density at radius 2 is 1.94 bits per heavy atom. The van der Waals surface area contributed by atoms with Gasteiger partial charge in [0.1, 0.15) is 0 Å². The van der Waals surface area contributed by atoms with Crippen molar-refractivity contribution in [2.24, 2.45) is 5.73 Å². The van der Waals surface area contributed by atoms with Gasteiger partial charge in [-0.25, -0.2) is 0 Å². The Kier molecular flexibility index (Phi) is 6.94. The van der Waals surface area contributed by atoms with Gasteiger partial charge in [-0.2, -0.15) is 0 Å². The Morgan fingerprint density at radius 1 is 1.28 bits per heavy atom. The van der Waals surface area contributed by atoms with Gasteiger partial charge in [0.05, 0.1) is 6.61 Å². The molecule has 0 aromatic heterocycles. The Morgan fingerprint density at radius 3 is 2.50 bits per heavy atom. The minimum atomic E-state index is 0.436. The summed E-state index contributed by atoms with van der Waals surface area (Å²) < 4.78 is 5.24. The highest BCUT2D eigenvalue weighted by atomic mass is 16.5. The second-order valence-electron chi connectivity index (χ2n) is 4.67. The molecule has 0 saturated heterocycles. The molecule has 0 aliphatic carbocycles. The predicted octanol–water partition coefficient (Wildman–Crippen LogP) is 2.04. The topological polar surface area (TPSA) is 38.5 Å². The minimum absolute atomic E-state index is 0.436. The second kappa shape index (κ2) is 8.25. The molecule has 18 heavy (non-hydrogen) atoms. The van der Waals surface area contributed by atoms with Crippen molar-refractivity contribution in [3.05, 3.63) is 35.4 Å². The summed E-state index contributed by atoms with van der Waals surface area (Å²) in [5.74, 6) is 0. The molecule has 1 unspecified atom stereocenters. The normalized spacial score (nSPS) is 12.9. The van der Waals surface area contributed by atoms with Gasteiger partial charge < -0.3 is 10.5 Å². The molecule has 1 aromatic rings. The molecule has 0 spiro atoms. The summed E-state index contributed by atoms with van der Waals surface area (Å²) >= 11 is 0. The van der Waals surface area contributed by atoms with Crippen LogP contribution in [0.25, 0.3) is 0 Å². The van der Waals surface area contributed by atoms with E-state index in [1.54, 1.807) is 7.11 Å². The molecular weight excluding hydrogens is 224 g/mol. The highest BCUT2D eigenvalue weighted by molar-refractivity contribution is 5.27. The van der Waals surface area contributed by atoms with Crippen molar-refractivity contribution in [1.29, 1.82) is 0 Å². The number of methoxy groups -OCH3 is 1. The fourth-order valence-electron chi connectivity index (χ4n) is 2.26. The molecule has 3 heteroatoms. The lowest BCUT2D eigenvalue weighted by atomic mass is 10.0. The van der Waals surface area contributed by atoms with E-state index < -0.39 is 0 Å². The smallest absolute Gasteiger partial charge is 0.0615 e. The molecule has 0 amide bonds. The SMILES string of the molecule is CCN(Cc1ccccc1CCN)C(C)COC. The van der Waals surface area contributed by atoms with Crippen LogP contribution in [-0.2, 0) is 17.7 Å². The maximum atomic E-state index is 5.67. The molecule has 0 aliphatic rings. The van der Waals surface area contributed by atoms with E-state index in [0.29, 0.717) is 12.6 Å². The van der Waals surface area contributed by atoms with E-state index in [4.69, 9.17) is 10.5 Å². The van der Waals surface area contributed by atoms with Gasteiger partial charge in [0.2, 0.25) is 0 Å². The van der Waals surface area contributed by atoms with Gasteiger partial charge in [-0.05, 0) is 37.6 Å². The first kappa shape index (κ1) is 15.2. The Bertz CT molecular complexity index is 341. The van der Waals surface area contributed by atoms with Crippen LogP contribution < -0.4 is 5.73 Å². The van der Waals surface area contributed by atoms with Crippen molar-refractivity contribution >= 4 is 0 Å². The third-order valence-electron chi connectivity index (χ3n) is 3.34. The largest absolute Gasteiger partial charge is 0.383 e. The first-order valence-electron chi connectivity index (χ1n) is 6.72. The lowest BCUT2D eigenvalue weighted by Gasteiger charge is -2.28. The van der Waals surface area contributed by atoms with Gasteiger partial charge in [0, 0.05) is 19.7 Å². The summed E-state index contributed by atoms with van der Waals surface area (Å²) in [5.41, 5.74) is 8.41. The molecular formula is C15H26N2O. The van der Waals surface area contributed by atoms with Crippen molar-refractivity contribution in [3.8, 4) is 0 Å². The summed E-state index contributed by atoms with van der Waals surface area (Å²) in [5, 5.41) is 0. The quantitative estimate of drug-likeness (QED) is 0.767. The minimum Gasteiger partial charge on any atom is -0.383 e. The van der Waals surface area contributed by atoms with Crippen LogP contribution in [0.2, 0.25) is 0 Å². The lowest BCUT2D eigenvalue weighted by molar-refractivity contribution is 0.0980. The molecule has 1 aromatic carbocycles. The van der Waals surface area contributed by atoms with E-state index in [1.807, 2.05) is 0 Å². The number of likely N-dealkylation sites (N-methyl/N-ethyl adjacent to an activating group) is 1. The molecule has 2 N–H and O–H groups in total. The van der Waals surface area contributed by atoms with Gasteiger partial charge in [0.25, 0.3) is 0 Å². The van der Waals surface area contributed by atoms with Crippen LogP contribution >= 0.6 is 0 Å². The van der Waals surface area contributed by atoms with Gasteiger partial charge in [0.15, 0.2) is 0 Å². The van der Waals surface area contributed by atoms with Crippen LogP contribution in [0.15, 0.2) is 24.3 Å². The number of benzene rings is 1. The maximum absolute atomic E-state index is 5.67. The Hall–Kier alpha value is -0.900. The Balaban J connectivity index is 2.74. The van der Waals surface area contributed by atoms with Gasteiger partial charge >= 0.3 is 0 Å². The van der Waals surface area contributed by atoms with E-state index in [-0.39, 0.29) is 0 Å². The monoisotopic (exact) mass is 250 g/mol. The van der Waals surface area contributed by atoms with E-state index in [1.165, 1.54) is 11.1 Å². The van der Waals surface area contributed by atoms with E-state index >= 15 is 0 Å². The standard InChI is InChI=1S/C15H26N2O/c1-4-17(13(2)12-18-3)11-15-8-6-5-7-14(15)9-10-16/h5-8,13H,4,9-12,16H2,1-3H3. The molecule has 102 valence electrons. The highest BCUT2D eigenvalue weighted by Gasteiger charge is 2.13. The van der Waals surface area contributed by atoms with Gasteiger partial charge in [-0.15, -0.1) is 0 Å². The molecule has 0 bridgehead atoms. The van der Waals surface area contributed by atoms with Crippen molar-refractivity contribution in [3.63, 3.8) is 0 Å². The van der Waals surface area contributed by atoms with Crippen molar-refractivity contribution in [1.82, 2.24) is 4.90 Å². The van der Waals surface area contributed by atoms with Crippen LogP contribution in [0.4, 0.5) is 0 Å². The number of nitrogens with two attached hydrogens (primary N) is 1. The molecule has 0 radical (unpaired) electrons. The van der Waals surface area contributed by atoms with Crippen molar-refractivity contribution < 1.29 is 4.74 Å². The summed E-state index contributed by atoms with van der Waals surface area (Å²) in [7, 11) is 1.76. The van der Waals surface area contributed by atoms with E-state index in [0.717, 1.165) is 26.1 Å². The van der Waals surface area contributed by atoms with Crippen LogP contribution in [0.1, 0.15) is 25.0 Å². The molecule has 3 nitrogen and oxygen atoms in total. The predicted molar refractivity (Wildman–Crippen MR) is 76.6 cm³/mol. The average molecular weight is 250 g/mol. The molecule has 1 rings (SSSR count). The fraction of sp³-hybridized carbons (Fsp3) is 0.600. The van der Waals surface area contributed by atoms with Crippen molar-refractivity contribution in [2.75, 3.05) is 26.8 Å². The fourth-order valence-corrected chi connectivity index (χ4v) is 2.26. The zero-order valence-corrected chi connectivity index (χ0v) is 11.9. The van der Waals surface area contributed by atoms with E-state index in [2.05, 4.69) is 43.0 Å². The lowest BCUT2D eigenvalue weighted by Crippen LogP contribution is -2.35. The molecule has 0 fully saturated rings. The molecule has 0 heterocycles. The first-order valence-corrected chi connectivity index (χ1v) is 6.72. The number of rotatable bonds is 8. The van der Waals surface area contributed by atoms with Crippen molar-refractivity contribution in [2.45, 2.75) is 32.9 Å².